The Morgan fingerprint density at radius 2 is 2.24 bits per heavy atom. The second kappa shape index (κ2) is 4.13. The zero-order chi connectivity index (χ0) is 12.6. The first-order valence-corrected chi connectivity index (χ1v) is 5.67. The highest BCUT2D eigenvalue weighted by atomic mass is 35.5. The summed E-state index contributed by atoms with van der Waals surface area (Å²) in [6.45, 7) is 1.68. The molecule has 1 aromatic carbocycles. The molecule has 3 nitrogen and oxygen atoms in total. The van der Waals surface area contributed by atoms with E-state index in [1.165, 1.54) is 6.08 Å². The summed E-state index contributed by atoms with van der Waals surface area (Å²) in [6, 6.07) is 1.06. The number of phenols is 1. The van der Waals surface area contributed by atoms with Crippen LogP contribution in [0.4, 0.5) is 4.39 Å². The van der Waals surface area contributed by atoms with Crippen molar-refractivity contribution < 1.29 is 14.3 Å². The third-order valence-corrected chi connectivity index (χ3v) is 3.75. The second-order valence-electron chi connectivity index (χ2n) is 4.28. The lowest BCUT2D eigenvalue weighted by Gasteiger charge is -2.38. The topological polar surface area (TPSA) is 49.7 Å². The third kappa shape index (κ3) is 1.74. The number of nitrogens with zero attached hydrogens (tertiary/aromatic N) is 1. The van der Waals surface area contributed by atoms with Crippen molar-refractivity contribution in [2.75, 3.05) is 0 Å². The molecule has 1 aromatic rings. The van der Waals surface area contributed by atoms with Crippen molar-refractivity contribution in [2.45, 2.75) is 31.7 Å². The van der Waals surface area contributed by atoms with Crippen molar-refractivity contribution in [1.82, 2.24) is 0 Å². The quantitative estimate of drug-likeness (QED) is 0.652. The number of rotatable bonds is 2. The molecule has 0 bridgehead atoms. The molecule has 0 radical (unpaired) electrons. The van der Waals surface area contributed by atoms with Crippen LogP contribution < -0.4 is 0 Å². The van der Waals surface area contributed by atoms with Gasteiger partial charge in [-0.05, 0) is 37.8 Å². The molecule has 1 N–H and O–H groups in total. The van der Waals surface area contributed by atoms with Crippen LogP contribution in [0.2, 0.25) is 5.02 Å². The van der Waals surface area contributed by atoms with Crippen LogP contribution in [0.15, 0.2) is 11.1 Å². The van der Waals surface area contributed by atoms with Crippen LogP contribution in [0.3, 0.4) is 0 Å². The number of benzene rings is 1. The smallest absolute Gasteiger partial charge is 0.235 e. The van der Waals surface area contributed by atoms with Crippen LogP contribution in [-0.2, 0) is 10.3 Å². The largest absolute Gasteiger partial charge is 0.505 e. The number of hydrogen-bond donors (Lipinski definition) is 1. The second-order valence-corrected chi connectivity index (χ2v) is 4.68. The monoisotopic (exact) mass is 255 g/mol. The Hall–Kier alpha value is -1.38. The van der Waals surface area contributed by atoms with Crippen molar-refractivity contribution in [2.24, 2.45) is 4.99 Å². The highest BCUT2D eigenvalue weighted by Crippen LogP contribution is 2.50. The van der Waals surface area contributed by atoms with Gasteiger partial charge in [0.05, 0.1) is 0 Å². The number of halogens is 2. The fourth-order valence-electron chi connectivity index (χ4n) is 2.29. The Labute approximate surface area is 103 Å². The van der Waals surface area contributed by atoms with E-state index < -0.39 is 17.1 Å². The molecule has 1 aliphatic carbocycles. The van der Waals surface area contributed by atoms with Crippen molar-refractivity contribution in [1.29, 1.82) is 0 Å². The molecule has 0 aliphatic heterocycles. The molecule has 2 rings (SSSR count). The maximum Gasteiger partial charge on any atom is 0.235 e. The van der Waals surface area contributed by atoms with Gasteiger partial charge < -0.3 is 5.11 Å². The van der Waals surface area contributed by atoms with Crippen molar-refractivity contribution in [3.63, 3.8) is 0 Å². The lowest BCUT2D eigenvalue weighted by atomic mass is 9.70. The third-order valence-electron chi connectivity index (χ3n) is 3.36. The number of phenolic OH excluding ortho intramolecular Hbond substituents is 1. The van der Waals surface area contributed by atoms with Crippen LogP contribution >= 0.6 is 11.6 Å². The average Bonchev–Trinajstić information content (AvgIpc) is 2.23. The van der Waals surface area contributed by atoms with E-state index in [0.717, 1.165) is 12.5 Å². The number of aromatic hydroxyl groups is 1. The normalized spacial score (nSPS) is 17.1. The maximum atomic E-state index is 13.5. The fourth-order valence-corrected chi connectivity index (χ4v) is 2.48. The van der Waals surface area contributed by atoms with E-state index in [2.05, 4.69) is 4.99 Å². The Balaban J connectivity index is 2.69. The Morgan fingerprint density at radius 1 is 1.59 bits per heavy atom. The van der Waals surface area contributed by atoms with Gasteiger partial charge in [-0.2, -0.15) is 4.99 Å². The van der Waals surface area contributed by atoms with Gasteiger partial charge in [-0.25, -0.2) is 9.18 Å². The Kier molecular flexibility index (Phi) is 2.94. The zero-order valence-corrected chi connectivity index (χ0v) is 10.0. The molecular weight excluding hydrogens is 245 g/mol. The molecule has 0 aromatic heterocycles. The van der Waals surface area contributed by atoms with Gasteiger partial charge in [-0.1, -0.05) is 11.6 Å². The van der Waals surface area contributed by atoms with E-state index in [4.69, 9.17) is 11.6 Å². The standard InChI is InChI=1S/C12H11ClFNO2/c1-7-8(13)5-9(14)11(17)10(7)12(15-6-16)3-2-4-12/h5,17H,2-4H2,1H3. The number of carbonyl (C=O) groups excluding carboxylic acids is 1. The SMILES string of the molecule is Cc1c(Cl)cc(F)c(O)c1C1(N=C=O)CCC1. The molecule has 17 heavy (non-hydrogen) atoms. The summed E-state index contributed by atoms with van der Waals surface area (Å²) < 4.78 is 13.5. The van der Waals surface area contributed by atoms with E-state index in [0.29, 0.717) is 24.0 Å². The van der Waals surface area contributed by atoms with Gasteiger partial charge in [0.2, 0.25) is 6.08 Å². The molecule has 0 heterocycles. The number of hydrogen-bond acceptors (Lipinski definition) is 3. The van der Waals surface area contributed by atoms with Crippen LogP contribution in [0.1, 0.15) is 30.4 Å². The van der Waals surface area contributed by atoms with Crippen molar-refractivity contribution >= 4 is 17.7 Å². The van der Waals surface area contributed by atoms with E-state index in [1.807, 2.05) is 0 Å². The van der Waals surface area contributed by atoms with E-state index in [-0.39, 0.29) is 5.02 Å². The van der Waals surface area contributed by atoms with Gasteiger partial charge in [0.25, 0.3) is 0 Å². The van der Waals surface area contributed by atoms with Crippen LogP contribution in [0.25, 0.3) is 0 Å². The summed E-state index contributed by atoms with van der Waals surface area (Å²) in [5.74, 6) is -1.26. The molecule has 90 valence electrons. The van der Waals surface area contributed by atoms with Gasteiger partial charge in [0.15, 0.2) is 11.6 Å². The van der Waals surface area contributed by atoms with Crippen molar-refractivity contribution in [3.05, 3.63) is 28.0 Å². The molecule has 1 aliphatic rings. The van der Waals surface area contributed by atoms with E-state index in [1.54, 1.807) is 6.92 Å². The van der Waals surface area contributed by atoms with E-state index >= 15 is 0 Å². The lowest BCUT2D eigenvalue weighted by Crippen LogP contribution is -2.33. The zero-order valence-electron chi connectivity index (χ0n) is 9.26. The number of aliphatic imine (C=N–C) groups is 1. The van der Waals surface area contributed by atoms with Crippen LogP contribution in [-0.4, -0.2) is 11.2 Å². The van der Waals surface area contributed by atoms with Gasteiger partial charge >= 0.3 is 0 Å². The minimum atomic E-state index is -0.846. The lowest BCUT2D eigenvalue weighted by molar-refractivity contribution is 0.244. The first kappa shape index (κ1) is 12.1. The highest BCUT2D eigenvalue weighted by Gasteiger charge is 2.43. The molecule has 0 unspecified atom stereocenters. The Morgan fingerprint density at radius 3 is 2.71 bits per heavy atom. The van der Waals surface area contributed by atoms with Crippen LogP contribution in [0, 0.1) is 12.7 Å². The predicted octanol–water partition coefficient (Wildman–Crippen LogP) is 3.21. The highest BCUT2D eigenvalue weighted by molar-refractivity contribution is 6.31. The van der Waals surface area contributed by atoms with Crippen molar-refractivity contribution in [3.8, 4) is 5.75 Å². The van der Waals surface area contributed by atoms with Gasteiger partial charge in [-0.15, -0.1) is 0 Å². The Bertz CT molecular complexity index is 493. The molecule has 1 saturated carbocycles. The molecule has 1 fully saturated rings. The molecular formula is C12H11ClFNO2. The molecule has 5 heteroatoms. The summed E-state index contributed by atoms with van der Waals surface area (Å²) >= 11 is 5.89. The maximum absolute atomic E-state index is 13.5. The summed E-state index contributed by atoms with van der Waals surface area (Å²) in [4.78, 5) is 14.2. The summed E-state index contributed by atoms with van der Waals surface area (Å²) in [6.07, 6.45) is 3.56. The summed E-state index contributed by atoms with van der Waals surface area (Å²) in [5, 5.41) is 10.0. The fraction of sp³-hybridized carbons (Fsp3) is 0.417. The van der Waals surface area contributed by atoms with Gasteiger partial charge in [-0.3, -0.25) is 0 Å². The molecule has 0 amide bonds. The first-order chi connectivity index (χ1) is 8.02. The average molecular weight is 256 g/mol. The van der Waals surface area contributed by atoms with Gasteiger partial charge in [0.1, 0.15) is 5.54 Å². The molecule has 0 atom stereocenters. The van der Waals surface area contributed by atoms with Gasteiger partial charge in [0, 0.05) is 10.6 Å². The molecule has 0 saturated heterocycles. The predicted molar refractivity (Wildman–Crippen MR) is 61.5 cm³/mol. The van der Waals surface area contributed by atoms with Crippen LogP contribution in [0.5, 0.6) is 5.75 Å². The summed E-state index contributed by atoms with van der Waals surface area (Å²) in [5.41, 5.74) is 0.0307. The first-order valence-electron chi connectivity index (χ1n) is 5.29. The molecule has 0 spiro atoms. The number of isocyanates is 1. The minimum Gasteiger partial charge on any atom is -0.505 e. The summed E-state index contributed by atoms with van der Waals surface area (Å²) in [7, 11) is 0. The minimum absolute atomic E-state index is 0.225. The van der Waals surface area contributed by atoms with E-state index in [9.17, 15) is 14.3 Å².